The molecule has 6 heteroatoms. The number of nitrogens with zero attached hydrogens (tertiary/aromatic N) is 3. The molecule has 2 aromatic heterocycles. The highest BCUT2D eigenvalue weighted by atomic mass is 16.6. The first kappa shape index (κ1) is 15.0. The van der Waals surface area contributed by atoms with E-state index in [9.17, 15) is 4.79 Å². The smallest absolute Gasteiger partial charge is 0.413 e. The molecule has 0 spiro atoms. The Morgan fingerprint density at radius 1 is 1.29 bits per heavy atom. The average Bonchev–Trinajstić information content (AvgIpc) is 2.67. The molecule has 0 atom stereocenters. The van der Waals surface area contributed by atoms with Crippen LogP contribution in [0.5, 0.6) is 0 Å². The van der Waals surface area contributed by atoms with Gasteiger partial charge >= 0.3 is 6.09 Å². The molecule has 0 saturated carbocycles. The van der Waals surface area contributed by atoms with Crippen LogP contribution in [0.15, 0.2) is 24.3 Å². The van der Waals surface area contributed by atoms with Crippen LogP contribution in [0.25, 0.3) is 5.82 Å². The fourth-order valence-electron chi connectivity index (χ4n) is 1.82. The van der Waals surface area contributed by atoms with Gasteiger partial charge in [-0.1, -0.05) is 6.07 Å². The normalized spacial score (nSPS) is 11.3. The molecule has 0 unspecified atom stereocenters. The molecule has 21 heavy (non-hydrogen) atoms. The van der Waals surface area contributed by atoms with Crippen molar-refractivity contribution in [1.29, 1.82) is 0 Å². The van der Waals surface area contributed by atoms with Gasteiger partial charge < -0.3 is 4.74 Å². The summed E-state index contributed by atoms with van der Waals surface area (Å²) in [7, 11) is 0. The Bertz CT molecular complexity index is 656. The standard InChI is InChI=1S/C15H20N4O2/c1-10-7-6-8-13(16-10)19-11(2)9-12(18-19)17-14(20)21-15(3,4)5/h6-9H,1-5H3,(H,17,18,20). The van der Waals surface area contributed by atoms with Crippen LogP contribution in [0.2, 0.25) is 0 Å². The maximum absolute atomic E-state index is 11.7. The van der Waals surface area contributed by atoms with Crippen LogP contribution < -0.4 is 5.32 Å². The van der Waals surface area contributed by atoms with Gasteiger partial charge in [-0.2, -0.15) is 0 Å². The largest absolute Gasteiger partial charge is 0.444 e. The molecule has 1 amide bonds. The second kappa shape index (κ2) is 5.55. The highest BCUT2D eigenvalue weighted by Crippen LogP contribution is 2.15. The Hall–Kier alpha value is -2.37. The third-order valence-corrected chi connectivity index (χ3v) is 2.61. The van der Waals surface area contributed by atoms with Gasteiger partial charge in [-0.25, -0.2) is 14.5 Å². The van der Waals surface area contributed by atoms with Gasteiger partial charge in [-0.3, -0.25) is 5.32 Å². The molecule has 2 heterocycles. The van der Waals surface area contributed by atoms with Gasteiger partial charge in [0.25, 0.3) is 0 Å². The van der Waals surface area contributed by atoms with E-state index in [2.05, 4.69) is 15.4 Å². The van der Waals surface area contributed by atoms with Gasteiger partial charge in [0, 0.05) is 17.5 Å². The molecule has 0 aliphatic carbocycles. The van der Waals surface area contributed by atoms with Crippen LogP contribution in [-0.4, -0.2) is 26.5 Å². The molecule has 0 aromatic carbocycles. The number of nitrogens with one attached hydrogen (secondary N) is 1. The zero-order chi connectivity index (χ0) is 15.6. The van der Waals surface area contributed by atoms with Crippen molar-refractivity contribution in [3.05, 3.63) is 35.7 Å². The molecule has 0 aliphatic heterocycles. The summed E-state index contributed by atoms with van der Waals surface area (Å²) in [6.45, 7) is 9.26. The van der Waals surface area contributed by atoms with Gasteiger partial charge in [-0.15, -0.1) is 5.10 Å². The van der Waals surface area contributed by atoms with Crippen molar-refractivity contribution >= 4 is 11.9 Å². The van der Waals surface area contributed by atoms with Crippen molar-refractivity contribution in [2.45, 2.75) is 40.2 Å². The third-order valence-electron chi connectivity index (χ3n) is 2.61. The molecular weight excluding hydrogens is 268 g/mol. The third kappa shape index (κ3) is 4.05. The molecule has 2 rings (SSSR count). The van der Waals surface area contributed by atoms with Gasteiger partial charge in [0.1, 0.15) is 5.60 Å². The maximum atomic E-state index is 11.7. The molecular formula is C15H20N4O2. The molecule has 2 aromatic rings. The highest BCUT2D eigenvalue weighted by Gasteiger charge is 2.17. The molecule has 0 fully saturated rings. The number of aromatic nitrogens is 3. The van der Waals surface area contributed by atoms with E-state index in [4.69, 9.17) is 4.74 Å². The quantitative estimate of drug-likeness (QED) is 0.921. The first-order valence-corrected chi connectivity index (χ1v) is 6.75. The van der Waals surface area contributed by atoms with Crippen LogP contribution in [-0.2, 0) is 4.74 Å². The number of hydrogen-bond donors (Lipinski definition) is 1. The van der Waals surface area contributed by atoms with Gasteiger partial charge in [0.2, 0.25) is 0 Å². The monoisotopic (exact) mass is 288 g/mol. The van der Waals surface area contributed by atoms with Crippen molar-refractivity contribution < 1.29 is 9.53 Å². The van der Waals surface area contributed by atoms with E-state index in [-0.39, 0.29) is 0 Å². The number of carbonyl (C=O) groups excluding carboxylic acids is 1. The number of rotatable bonds is 2. The summed E-state index contributed by atoms with van der Waals surface area (Å²) in [5.74, 6) is 1.15. The number of carbonyl (C=O) groups is 1. The van der Waals surface area contributed by atoms with Crippen molar-refractivity contribution in [3.63, 3.8) is 0 Å². The average molecular weight is 288 g/mol. The van der Waals surface area contributed by atoms with E-state index in [1.807, 2.05) is 52.8 Å². The topological polar surface area (TPSA) is 69.0 Å². The lowest BCUT2D eigenvalue weighted by atomic mass is 10.2. The van der Waals surface area contributed by atoms with E-state index in [0.29, 0.717) is 11.6 Å². The van der Waals surface area contributed by atoms with Crippen LogP contribution in [0.1, 0.15) is 32.2 Å². The zero-order valence-electron chi connectivity index (χ0n) is 13.0. The van der Waals surface area contributed by atoms with Crippen LogP contribution in [0.3, 0.4) is 0 Å². The molecule has 0 saturated heterocycles. The highest BCUT2D eigenvalue weighted by molar-refractivity contribution is 5.83. The SMILES string of the molecule is Cc1cccc(-n2nc(NC(=O)OC(C)(C)C)cc2C)n1. The first-order chi connectivity index (χ1) is 9.74. The van der Waals surface area contributed by atoms with E-state index in [1.165, 1.54) is 0 Å². The number of ether oxygens (including phenoxy) is 1. The molecule has 6 nitrogen and oxygen atoms in total. The van der Waals surface area contributed by atoms with Crippen LogP contribution >= 0.6 is 0 Å². The van der Waals surface area contributed by atoms with E-state index >= 15 is 0 Å². The summed E-state index contributed by atoms with van der Waals surface area (Å²) in [6, 6.07) is 7.47. The van der Waals surface area contributed by atoms with Gasteiger partial charge in [0.15, 0.2) is 11.6 Å². The maximum Gasteiger partial charge on any atom is 0.413 e. The van der Waals surface area contributed by atoms with Crippen molar-refractivity contribution in [2.24, 2.45) is 0 Å². The van der Waals surface area contributed by atoms with Crippen molar-refractivity contribution in [2.75, 3.05) is 5.32 Å². The van der Waals surface area contributed by atoms with E-state index < -0.39 is 11.7 Å². The van der Waals surface area contributed by atoms with E-state index in [0.717, 1.165) is 11.4 Å². The first-order valence-electron chi connectivity index (χ1n) is 6.75. The van der Waals surface area contributed by atoms with Gasteiger partial charge in [0.05, 0.1) is 0 Å². The molecule has 0 aliphatic rings. The minimum Gasteiger partial charge on any atom is -0.444 e. The minimum absolute atomic E-state index is 0.435. The molecule has 1 N–H and O–H groups in total. The minimum atomic E-state index is -0.542. The Labute approximate surface area is 124 Å². The summed E-state index contributed by atoms with van der Waals surface area (Å²) >= 11 is 0. The number of amides is 1. The number of pyridine rings is 1. The predicted octanol–water partition coefficient (Wildman–Crippen LogP) is 3.23. The zero-order valence-corrected chi connectivity index (χ0v) is 13.0. The summed E-state index contributed by atoms with van der Waals surface area (Å²) in [6.07, 6.45) is -0.524. The Morgan fingerprint density at radius 3 is 2.62 bits per heavy atom. The lowest BCUT2D eigenvalue weighted by molar-refractivity contribution is 0.0635. The number of hydrogen-bond acceptors (Lipinski definition) is 4. The summed E-state index contributed by atoms with van der Waals surface area (Å²) < 4.78 is 6.88. The van der Waals surface area contributed by atoms with Crippen LogP contribution in [0, 0.1) is 13.8 Å². The Balaban J connectivity index is 2.18. The summed E-state index contributed by atoms with van der Waals surface area (Å²) in [5, 5.41) is 6.96. The van der Waals surface area contributed by atoms with Crippen molar-refractivity contribution in [1.82, 2.24) is 14.8 Å². The van der Waals surface area contributed by atoms with Crippen LogP contribution in [0.4, 0.5) is 10.6 Å². The van der Waals surface area contributed by atoms with Crippen molar-refractivity contribution in [3.8, 4) is 5.82 Å². The second-order valence-corrected chi connectivity index (χ2v) is 5.85. The number of anilines is 1. The Morgan fingerprint density at radius 2 is 2.00 bits per heavy atom. The molecule has 112 valence electrons. The number of aryl methyl sites for hydroxylation is 2. The fraction of sp³-hybridized carbons (Fsp3) is 0.400. The van der Waals surface area contributed by atoms with Gasteiger partial charge in [-0.05, 0) is 46.8 Å². The van der Waals surface area contributed by atoms with E-state index in [1.54, 1.807) is 10.7 Å². The fourth-order valence-corrected chi connectivity index (χ4v) is 1.82. The lowest BCUT2D eigenvalue weighted by Crippen LogP contribution is -2.27. The summed E-state index contributed by atoms with van der Waals surface area (Å²) in [5.41, 5.74) is 1.24. The Kier molecular flexibility index (Phi) is 3.97. The second-order valence-electron chi connectivity index (χ2n) is 5.85. The predicted molar refractivity (Wildman–Crippen MR) is 80.7 cm³/mol. The molecule has 0 bridgehead atoms. The lowest BCUT2D eigenvalue weighted by Gasteiger charge is -2.19. The summed E-state index contributed by atoms with van der Waals surface area (Å²) in [4.78, 5) is 16.2. The molecule has 0 radical (unpaired) electrons.